The maximum Gasteiger partial charge on any atom is 0.0624 e. The second kappa shape index (κ2) is 5.19. The average Bonchev–Trinajstić information content (AvgIpc) is 2.98. The van der Waals surface area contributed by atoms with Crippen molar-refractivity contribution in [1.82, 2.24) is 0 Å². The summed E-state index contributed by atoms with van der Waals surface area (Å²) in [5, 5.41) is 1.47. The predicted molar refractivity (Wildman–Crippen MR) is 105 cm³/mol. The van der Waals surface area contributed by atoms with Crippen LogP contribution in [0.5, 0.6) is 0 Å². The zero-order valence-corrected chi connectivity index (χ0v) is 16.9. The highest BCUT2D eigenvalue weighted by Gasteiger charge is 2.25. The van der Waals surface area contributed by atoms with Crippen molar-refractivity contribution in [2.45, 2.75) is 59.3 Å². The van der Waals surface area contributed by atoms with Gasteiger partial charge in [-0.05, 0) is 36.0 Å². The van der Waals surface area contributed by atoms with Crippen LogP contribution in [0.1, 0.15) is 56.2 Å². The number of fused-ring (bicyclic) bond motifs is 1. The van der Waals surface area contributed by atoms with E-state index in [0.29, 0.717) is 0 Å². The van der Waals surface area contributed by atoms with Crippen LogP contribution >= 0.6 is 34.0 Å². The van der Waals surface area contributed by atoms with Crippen molar-refractivity contribution in [3.63, 3.8) is 0 Å². The van der Waals surface area contributed by atoms with Crippen molar-refractivity contribution in [3.8, 4) is 9.75 Å². The summed E-state index contributed by atoms with van der Waals surface area (Å²) in [6.45, 7) is 16.1. The van der Waals surface area contributed by atoms with Crippen LogP contribution in [0.2, 0.25) is 0 Å². The van der Waals surface area contributed by atoms with Crippen LogP contribution in [0.25, 0.3) is 19.8 Å². The van der Waals surface area contributed by atoms with Gasteiger partial charge in [0.1, 0.15) is 0 Å². The van der Waals surface area contributed by atoms with Crippen LogP contribution in [0.3, 0.4) is 0 Å². The Bertz CT molecular complexity index is 813. The molecule has 0 bridgehead atoms. The van der Waals surface area contributed by atoms with Crippen molar-refractivity contribution in [2.24, 2.45) is 0 Å². The monoisotopic (exact) mass is 348 g/mol. The molecule has 0 fully saturated rings. The molecule has 3 heterocycles. The van der Waals surface area contributed by atoms with Crippen molar-refractivity contribution in [1.29, 1.82) is 0 Å². The second-order valence-electron chi connectivity index (χ2n) is 8.02. The van der Waals surface area contributed by atoms with Gasteiger partial charge in [-0.25, -0.2) is 0 Å². The number of hydrogen-bond acceptors (Lipinski definition) is 3. The van der Waals surface area contributed by atoms with Crippen LogP contribution in [-0.4, -0.2) is 0 Å². The minimum absolute atomic E-state index is 0.207. The van der Waals surface area contributed by atoms with E-state index in [1.54, 1.807) is 0 Å². The normalized spacial score (nSPS) is 13.2. The van der Waals surface area contributed by atoms with Crippen LogP contribution < -0.4 is 0 Å². The number of thiophene rings is 3. The molecular formula is C19H24S3. The third kappa shape index (κ3) is 2.79. The third-order valence-corrected chi connectivity index (χ3v) is 8.28. The Kier molecular flexibility index (Phi) is 3.82. The fourth-order valence-electron chi connectivity index (χ4n) is 2.64. The van der Waals surface area contributed by atoms with E-state index < -0.39 is 0 Å². The highest BCUT2D eigenvalue weighted by Crippen LogP contribution is 2.49. The molecule has 0 spiro atoms. The molecule has 0 atom stereocenters. The standard InChI is InChI=1S/C19H24S3/c1-11-10-12-15(20-11)16(22-17(12)19(5,6)7)13-8-9-14(21-13)18(2,3)4/h8-10H,1-7H3. The first-order chi connectivity index (χ1) is 10.1. The topological polar surface area (TPSA) is 0 Å². The Balaban J connectivity index is 2.21. The van der Waals surface area contributed by atoms with E-state index in [-0.39, 0.29) is 10.8 Å². The lowest BCUT2D eigenvalue weighted by Gasteiger charge is -2.16. The minimum atomic E-state index is 0.207. The Hall–Kier alpha value is -0.640. The molecule has 0 aromatic carbocycles. The van der Waals surface area contributed by atoms with Gasteiger partial charge >= 0.3 is 0 Å². The third-order valence-electron chi connectivity index (χ3n) is 3.76. The molecule has 0 N–H and O–H groups in total. The summed E-state index contributed by atoms with van der Waals surface area (Å²) in [5.74, 6) is 0. The largest absolute Gasteiger partial charge is 0.139 e. The number of hydrogen-bond donors (Lipinski definition) is 0. The van der Waals surface area contributed by atoms with Gasteiger partial charge in [0, 0.05) is 24.9 Å². The van der Waals surface area contributed by atoms with Gasteiger partial charge in [-0.2, -0.15) is 0 Å². The van der Waals surface area contributed by atoms with Gasteiger partial charge < -0.3 is 0 Å². The second-order valence-corrected chi connectivity index (χ2v) is 11.4. The number of aryl methyl sites for hydroxylation is 1. The predicted octanol–water partition coefficient (Wildman–Crippen LogP) is 7.59. The number of rotatable bonds is 1. The van der Waals surface area contributed by atoms with E-state index in [9.17, 15) is 0 Å². The average molecular weight is 349 g/mol. The maximum absolute atomic E-state index is 2.37. The highest BCUT2D eigenvalue weighted by molar-refractivity contribution is 7.29. The summed E-state index contributed by atoms with van der Waals surface area (Å²) in [4.78, 5) is 7.30. The van der Waals surface area contributed by atoms with Gasteiger partial charge in [0.15, 0.2) is 0 Å². The van der Waals surface area contributed by atoms with Gasteiger partial charge in [-0.15, -0.1) is 34.0 Å². The van der Waals surface area contributed by atoms with Gasteiger partial charge in [0.2, 0.25) is 0 Å². The van der Waals surface area contributed by atoms with Crippen molar-refractivity contribution in [3.05, 3.63) is 32.8 Å². The Morgan fingerprint density at radius 3 is 2.05 bits per heavy atom. The first-order valence-corrected chi connectivity index (χ1v) is 10.2. The minimum Gasteiger partial charge on any atom is -0.139 e. The zero-order valence-electron chi connectivity index (χ0n) is 14.5. The molecule has 3 heteroatoms. The lowest BCUT2D eigenvalue weighted by molar-refractivity contribution is 0.604. The summed E-state index contributed by atoms with van der Waals surface area (Å²) < 4.78 is 1.48. The van der Waals surface area contributed by atoms with Crippen LogP contribution in [0.15, 0.2) is 18.2 Å². The summed E-state index contributed by atoms with van der Waals surface area (Å²) in [6.07, 6.45) is 0. The molecule has 0 unspecified atom stereocenters. The molecule has 0 aliphatic carbocycles. The van der Waals surface area contributed by atoms with E-state index >= 15 is 0 Å². The van der Waals surface area contributed by atoms with Gasteiger partial charge in [-0.1, -0.05) is 41.5 Å². The summed E-state index contributed by atoms with van der Waals surface area (Å²) >= 11 is 5.90. The molecule has 22 heavy (non-hydrogen) atoms. The van der Waals surface area contributed by atoms with Crippen molar-refractivity contribution < 1.29 is 0 Å². The molecule has 0 saturated carbocycles. The quantitative estimate of drug-likeness (QED) is 0.425. The molecule has 0 amide bonds. The smallest absolute Gasteiger partial charge is 0.0624 e. The van der Waals surface area contributed by atoms with Crippen molar-refractivity contribution >= 4 is 44.1 Å². The van der Waals surface area contributed by atoms with E-state index in [1.807, 2.05) is 34.0 Å². The molecule has 3 rings (SSSR count). The molecule has 0 radical (unpaired) electrons. The van der Waals surface area contributed by atoms with E-state index in [2.05, 4.69) is 66.7 Å². The fraction of sp³-hybridized carbons (Fsp3) is 0.474. The van der Waals surface area contributed by atoms with Crippen LogP contribution in [0, 0.1) is 6.92 Å². The summed E-state index contributed by atoms with van der Waals surface area (Å²) in [6, 6.07) is 7.00. The van der Waals surface area contributed by atoms with E-state index in [0.717, 1.165) is 0 Å². The molecule has 0 aliphatic rings. The van der Waals surface area contributed by atoms with Gasteiger partial charge in [0.25, 0.3) is 0 Å². The highest BCUT2D eigenvalue weighted by atomic mass is 32.1. The molecule has 3 aromatic rings. The SMILES string of the molecule is Cc1cc2c(C(C)(C)C)sc(-c3ccc(C(C)(C)C)s3)c2s1. The molecular weight excluding hydrogens is 324 g/mol. The molecule has 118 valence electrons. The maximum atomic E-state index is 2.37. The summed E-state index contributed by atoms with van der Waals surface area (Å²) in [5.41, 5.74) is 0.441. The van der Waals surface area contributed by atoms with Crippen molar-refractivity contribution in [2.75, 3.05) is 0 Å². The van der Waals surface area contributed by atoms with Gasteiger partial charge in [-0.3, -0.25) is 0 Å². The molecule has 0 saturated heterocycles. The zero-order chi connectivity index (χ0) is 16.3. The first-order valence-electron chi connectivity index (χ1n) is 7.71. The molecule has 0 nitrogen and oxygen atoms in total. The Labute approximate surface area is 145 Å². The summed E-state index contributed by atoms with van der Waals surface area (Å²) in [7, 11) is 0. The molecule has 3 aromatic heterocycles. The van der Waals surface area contributed by atoms with Crippen LogP contribution in [0.4, 0.5) is 0 Å². The van der Waals surface area contributed by atoms with Gasteiger partial charge in [0.05, 0.1) is 9.58 Å². The van der Waals surface area contributed by atoms with Crippen LogP contribution in [-0.2, 0) is 10.8 Å². The Morgan fingerprint density at radius 1 is 0.818 bits per heavy atom. The van der Waals surface area contributed by atoms with E-state index in [1.165, 1.54) is 34.5 Å². The lowest BCUT2D eigenvalue weighted by atomic mass is 9.93. The molecule has 0 aliphatic heterocycles. The lowest BCUT2D eigenvalue weighted by Crippen LogP contribution is -2.08. The van der Waals surface area contributed by atoms with E-state index in [4.69, 9.17) is 0 Å². The first kappa shape index (κ1) is 16.2. The fourth-order valence-corrected chi connectivity index (χ4v) is 6.40. The Morgan fingerprint density at radius 2 is 1.50 bits per heavy atom.